The minimum absolute atomic E-state index is 0.0499. The number of ether oxygens (including phenoxy) is 1. The Morgan fingerprint density at radius 2 is 2.21 bits per heavy atom. The highest BCUT2D eigenvalue weighted by Crippen LogP contribution is 2.27. The van der Waals surface area contributed by atoms with Crippen molar-refractivity contribution in [2.45, 2.75) is 6.61 Å². The van der Waals surface area contributed by atoms with Crippen LogP contribution in [0.25, 0.3) is 10.9 Å². The Morgan fingerprint density at radius 1 is 1.43 bits per heavy atom. The second-order valence-corrected chi connectivity index (χ2v) is 3.25. The van der Waals surface area contributed by atoms with Gasteiger partial charge in [0.05, 0.1) is 19.2 Å². The maximum atomic E-state index is 9.12. The van der Waals surface area contributed by atoms with Gasteiger partial charge in [-0.15, -0.1) is 0 Å². The lowest BCUT2D eigenvalue weighted by Crippen LogP contribution is -1.94. The minimum Gasteiger partial charge on any atom is -0.496 e. The van der Waals surface area contributed by atoms with Gasteiger partial charge in [0.2, 0.25) is 0 Å². The zero-order valence-electron chi connectivity index (χ0n) is 8.32. The lowest BCUT2D eigenvalue weighted by atomic mass is 10.2. The molecule has 0 saturated carbocycles. The summed E-state index contributed by atoms with van der Waals surface area (Å²) in [6, 6.07) is 7.83. The first-order valence-electron chi connectivity index (χ1n) is 4.50. The number of aryl methyl sites for hydroxylation is 1. The van der Waals surface area contributed by atoms with Crippen molar-refractivity contribution in [3.05, 3.63) is 30.0 Å². The molecule has 0 aliphatic carbocycles. The predicted octanol–water partition coefficient (Wildman–Crippen LogP) is 1.68. The summed E-state index contributed by atoms with van der Waals surface area (Å²) in [4.78, 5) is 0. The molecule has 1 heterocycles. The lowest BCUT2D eigenvalue weighted by Gasteiger charge is -2.02. The number of aliphatic hydroxyl groups is 1. The summed E-state index contributed by atoms with van der Waals surface area (Å²) >= 11 is 0. The van der Waals surface area contributed by atoms with E-state index >= 15 is 0 Å². The Bertz CT molecular complexity index is 460. The predicted molar refractivity (Wildman–Crippen MR) is 55.4 cm³/mol. The highest BCUT2D eigenvalue weighted by Gasteiger charge is 2.07. The molecule has 14 heavy (non-hydrogen) atoms. The van der Waals surface area contributed by atoms with Crippen LogP contribution in [-0.4, -0.2) is 16.8 Å². The molecule has 2 aromatic rings. The van der Waals surface area contributed by atoms with Gasteiger partial charge in [-0.3, -0.25) is 0 Å². The molecule has 0 aliphatic rings. The SMILES string of the molecule is COc1cccc2c1cc(CO)n2C. The molecule has 1 aromatic heterocycles. The van der Waals surface area contributed by atoms with Gasteiger partial charge in [-0.25, -0.2) is 0 Å². The molecule has 0 unspecified atom stereocenters. The second kappa shape index (κ2) is 3.35. The van der Waals surface area contributed by atoms with E-state index in [1.807, 2.05) is 35.9 Å². The van der Waals surface area contributed by atoms with Crippen LogP contribution in [0, 0.1) is 0 Å². The summed E-state index contributed by atoms with van der Waals surface area (Å²) in [6.07, 6.45) is 0. The minimum atomic E-state index is 0.0499. The van der Waals surface area contributed by atoms with Crippen LogP contribution in [0.2, 0.25) is 0 Å². The summed E-state index contributed by atoms with van der Waals surface area (Å²) in [5.74, 6) is 0.845. The van der Waals surface area contributed by atoms with Gasteiger partial charge in [0.1, 0.15) is 5.75 Å². The van der Waals surface area contributed by atoms with Crippen molar-refractivity contribution >= 4 is 10.9 Å². The second-order valence-electron chi connectivity index (χ2n) is 3.25. The molecule has 1 N–H and O–H groups in total. The van der Waals surface area contributed by atoms with Crippen LogP contribution < -0.4 is 4.74 Å². The molecule has 0 aliphatic heterocycles. The molecule has 2 rings (SSSR count). The van der Waals surface area contributed by atoms with E-state index in [1.54, 1.807) is 7.11 Å². The summed E-state index contributed by atoms with van der Waals surface area (Å²) in [7, 11) is 3.59. The standard InChI is InChI=1S/C11H13NO2/c1-12-8(7-13)6-9-10(12)4-3-5-11(9)14-2/h3-6,13H,7H2,1-2H3. The van der Waals surface area contributed by atoms with Crippen LogP contribution >= 0.6 is 0 Å². The third-order valence-corrected chi connectivity index (χ3v) is 2.53. The van der Waals surface area contributed by atoms with Crippen LogP contribution in [0.1, 0.15) is 5.69 Å². The van der Waals surface area contributed by atoms with E-state index in [-0.39, 0.29) is 6.61 Å². The molecule has 0 bridgehead atoms. The van der Waals surface area contributed by atoms with Crippen molar-refractivity contribution in [1.82, 2.24) is 4.57 Å². The zero-order chi connectivity index (χ0) is 10.1. The number of benzene rings is 1. The van der Waals surface area contributed by atoms with Gasteiger partial charge in [-0.05, 0) is 18.2 Å². The van der Waals surface area contributed by atoms with Crippen LogP contribution in [-0.2, 0) is 13.7 Å². The molecule has 3 heteroatoms. The number of nitrogens with zero attached hydrogens (tertiary/aromatic N) is 1. The van der Waals surface area contributed by atoms with Crippen molar-refractivity contribution in [2.75, 3.05) is 7.11 Å². The van der Waals surface area contributed by atoms with Gasteiger partial charge in [-0.2, -0.15) is 0 Å². The van der Waals surface area contributed by atoms with E-state index in [4.69, 9.17) is 9.84 Å². The number of aromatic nitrogens is 1. The lowest BCUT2D eigenvalue weighted by molar-refractivity contribution is 0.273. The summed E-state index contributed by atoms with van der Waals surface area (Å²) < 4.78 is 7.22. The highest BCUT2D eigenvalue weighted by molar-refractivity contribution is 5.87. The van der Waals surface area contributed by atoms with Gasteiger partial charge in [0, 0.05) is 18.1 Å². The Kier molecular flexibility index (Phi) is 2.17. The zero-order valence-corrected chi connectivity index (χ0v) is 8.32. The summed E-state index contributed by atoms with van der Waals surface area (Å²) in [6.45, 7) is 0.0499. The number of methoxy groups -OCH3 is 1. The van der Waals surface area contributed by atoms with Gasteiger partial charge in [0.25, 0.3) is 0 Å². The monoisotopic (exact) mass is 191 g/mol. The fourth-order valence-corrected chi connectivity index (χ4v) is 1.72. The fourth-order valence-electron chi connectivity index (χ4n) is 1.72. The van der Waals surface area contributed by atoms with E-state index in [9.17, 15) is 0 Å². The van der Waals surface area contributed by atoms with Gasteiger partial charge < -0.3 is 14.4 Å². The molecule has 0 saturated heterocycles. The number of hydrogen-bond acceptors (Lipinski definition) is 2. The Morgan fingerprint density at radius 3 is 2.86 bits per heavy atom. The maximum absolute atomic E-state index is 9.12. The average Bonchev–Trinajstić information content (AvgIpc) is 2.55. The molecule has 74 valence electrons. The van der Waals surface area contributed by atoms with E-state index in [0.717, 1.165) is 22.3 Å². The fraction of sp³-hybridized carbons (Fsp3) is 0.273. The molecule has 0 atom stereocenters. The van der Waals surface area contributed by atoms with Crippen LogP contribution in [0.4, 0.5) is 0 Å². The van der Waals surface area contributed by atoms with Crippen molar-refractivity contribution in [2.24, 2.45) is 7.05 Å². The van der Waals surface area contributed by atoms with Gasteiger partial charge >= 0.3 is 0 Å². The number of rotatable bonds is 2. The first-order chi connectivity index (χ1) is 6.77. The molecule has 0 amide bonds. The topological polar surface area (TPSA) is 34.4 Å². The first kappa shape index (κ1) is 9.09. The van der Waals surface area contributed by atoms with Crippen LogP contribution in [0.5, 0.6) is 5.75 Å². The van der Waals surface area contributed by atoms with E-state index in [0.29, 0.717) is 0 Å². The highest BCUT2D eigenvalue weighted by atomic mass is 16.5. The third-order valence-electron chi connectivity index (χ3n) is 2.53. The third kappa shape index (κ3) is 1.17. The van der Waals surface area contributed by atoms with E-state index in [2.05, 4.69) is 0 Å². The maximum Gasteiger partial charge on any atom is 0.128 e. The van der Waals surface area contributed by atoms with Crippen molar-refractivity contribution < 1.29 is 9.84 Å². The smallest absolute Gasteiger partial charge is 0.128 e. The molecule has 3 nitrogen and oxygen atoms in total. The van der Waals surface area contributed by atoms with Crippen molar-refractivity contribution in [3.63, 3.8) is 0 Å². The van der Waals surface area contributed by atoms with Crippen molar-refractivity contribution in [3.8, 4) is 5.75 Å². The summed E-state index contributed by atoms with van der Waals surface area (Å²) in [5.41, 5.74) is 1.97. The quantitative estimate of drug-likeness (QED) is 0.783. The molecular formula is C11H13NO2. The first-order valence-corrected chi connectivity index (χ1v) is 4.50. The van der Waals surface area contributed by atoms with Gasteiger partial charge in [0.15, 0.2) is 0 Å². The number of fused-ring (bicyclic) bond motifs is 1. The van der Waals surface area contributed by atoms with Crippen LogP contribution in [0.15, 0.2) is 24.3 Å². The largest absolute Gasteiger partial charge is 0.496 e. The molecule has 0 radical (unpaired) electrons. The Labute approximate surface area is 82.5 Å². The van der Waals surface area contributed by atoms with Crippen molar-refractivity contribution in [1.29, 1.82) is 0 Å². The normalized spacial score (nSPS) is 10.8. The van der Waals surface area contributed by atoms with E-state index < -0.39 is 0 Å². The molecule has 0 spiro atoms. The van der Waals surface area contributed by atoms with Crippen LogP contribution in [0.3, 0.4) is 0 Å². The molecule has 1 aromatic carbocycles. The average molecular weight is 191 g/mol. The van der Waals surface area contributed by atoms with Gasteiger partial charge in [-0.1, -0.05) is 6.07 Å². The Hall–Kier alpha value is -1.48. The number of aliphatic hydroxyl groups excluding tert-OH is 1. The number of hydrogen-bond donors (Lipinski definition) is 1. The molecule has 0 fully saturated rings. The van der Waals surface area contributed by atoms with E-state index in [1.165, 1.54) is 0 Å². The summed E-state index contributed by atoms with van der Waals surface area (Å²) in [5, 5.41) is 10.2. The molecular weight excluding hydrogens is 178 g/mol. The Balaban J connectivity index is 2.77.